The van der Waals surface area contributed by atoms with E-state index in [1.54, 1.807) is 11.3 Å². The Balaban J connectivity index is 2.73. The normalized spacial score (nSPS) is 10.7. The van der Waals surface area contributed by atoms with Gasteiger partial charge in [0.05, 0.1) is 0 Å². The van der Waals surface area contributed by atoms with Gasteiger partial charge in [0.2, 0.25) is 0 Å². The molecule has 0 saturated heterocycles. The Morgan fingerprint density at radius 3 is 2.86 bits per heavy atom. The van der Waals surface area contributed by atoms with Crippen LogP contribution in [-0.4, -0.2) is 6.29 Å². The standard InChI is InChI=1S/C11H9BrOS/c1-2-9-5-8-3-7(6-13)4-10(12)11(8)14-9/h3-6H,2H2,1H3. The summed E-state index contributed by atoms with van der Waals surface area (Å²) in [5.74, 6) is 0. The van der Waals surface area contributed by atoms with E-state index in [0.717, 1.165) is 28.1 Å². The molecule has 0 amide bonds. The van der Waals surface area contributed by atoms with Crippen molar-refractivity contribution >= 4 is 43.6 Å². The van der Waals surface area contributed by atoms with Crippen LogP contribution < -0.4 is 0 Å². The lowest BCUT2D eigenvalue weighted by atomic mass is 10.2. The molecule has 2 rings (SSSR count). The van der Waals surface area contributed by atoms with Gasteiger partial charge in [0, 0.05) is 19.6 Å². The summed E-state index contributed by atoms with van der Waals surface area (Å²) in [6, 6.07) is 5.95. The number of hydrogen-bond acceptors (Lipinski definition) is 2. The van der Waals surface area contributed by atoms with E-state index in [-0.39, 0.29) is 0 Å². The zero-order valence-corrected chi connectivity index (χ0v) is 10.1. The topological polar surface area (TPSA) is 17.1 Å². The second-order valence-electron chi connectivity index (χ2n) is 3.11. The molecule has 0 aliphatic heterocycles. The molecule has 0 saturated carbocycles. The smallest absolute Gasteiger partial charge is 0.150 e. The minimum atomic E-state index is 0.727. The number of aldehydes is 1. The van der Waals surface area contributed by atoms with Crippen molar-refractivity contribution in [3.63, 3.8) is 0 Å². The third-order valence-corrected chi connectivity index (χ3v) is 4.35. The van der Waals surface area contributed by atoms with E-state index in [9.17, 15) is 4.79 Å². The summed E-state index contributed by atoms with van der Waals surface area (Å²) in [5.41, 5.74) is 0.727. The molecule has 14 heavy (non-hydrogen) atoms. The maximum atomic E-state index is 10.7. The summed E-state index contributed by atoms with van der Waals surface area (Å²) in [6.07, 6.45) is 1.93. The van der Waals surface area contributed by atoms with Gasteiger partial charge >= 0.3 is 0 Å². The molecule has 0 fully saturated rings. The number of hydrogen-bond donors (Lipinski definition) is 0. The van der Waals surface area contributed by atoms with Crippen molar-refractivity contribution in [2.24, 2.45) is 0 Å². The van der Waals surface area contributed by atoms with Gasteiger partial charge in [-0.05, 0) is 45.9 Å². The van der Waals surface area contributed by atoms with Crippen LogP contribution in [0.3, 0.4) is 0 Å². The molecule has 0 unspecified atom stereocenters. The van der Waals surface area contributed by atoms with Crippen LogP contribution in [0.15, 0.2) is 22.7 Å². The van der Waals surface area contributed by atoms with Crippen LogP contribution in [0.4, 0.5) is 0 Å². The van der Waals surface area contributed by atoms with Gasteiger partial charge in [-0.1, -0.05) is 6.92 Å². The van der Waals surface area contributed by atoms with Crippen molar-refractivity contribution in [2.75, 3.05) is 0 Å². The first-order chi connectivity index (χ1) is 6.74. The number of thiophene rings is 1. The molecular weight excluding hydrogens is 260 g/mol. The van der Waals surface area contributed by atoms with Crippen molar-refractivity contribution in [1.82, 2.24) is 0 Å². The summed E-state index contributed by atoms with van der Waals surface area (Å²) in [5, 5.41) is 1.16. The van der Waals surface area contributed by atoms with Crippen molar-refractivity contribution in [3.8, 4) is 0 Å². The lowest BCUT2D eigenvalue weighted by molar-refractivity contribution is 0.112. The third-order valence-electron chi connectivity index (χ3n) is 2.13. The highest BCUT2D eigenvalue weighted by molar-refractivity contribution is 9.10. The van der Waals surface area contributed by atoms with E-state index in [0.29, 0.717) is 0 Å². The summed E-state index contributed by atoms with van der Waals surface area (Å²) < 4.78 is 2.24. The van der Waals surface area contributed by atoms with E-state index in [2.05, 4.69) is 28.9 Å². The number of carbonyl (C=O) groups excluding carboxylic acids is 1. The first-order valence-corrected chi connectivity index (χ1v) is 6.02. The Hall–Kier alpha value is -0.670. The molecule has 1 nitrogen and oxygen atoms in total. The number of halogens is 1. The monoisotopic (exact) mass is 268 g/mol. The van der Waals surface area contributed by atoms with Crippen molar-refractivity contribution in [2.45, 2.75) is 13.3 Å². The van der Waals surface area contributed by atoms with Crippen LogP contribution in [-0.2, 0) is 6.42 Å². The van der Waals surface area contributed by atoms with Gasteiger partial charge in [0.15, 0.2) is 0 Å². The summed E-state index contributed by atoms with van der Waals surface area (Å²) in [4.78, 5) is 12.0. The highest BCUT2D eigenvalue weighted by Gasteiger charge is 2.05. The molecule has 0 radical (unpaired) electrons. The first-order valence-electron chi connectivity index (χ1n) is 4.41. The molecule has 2 aromatic rings. The van der Waals surface area contributed by atoms with Gasteiger partial charge < -0.3 is 0 Å². The maximum Gasteiger partial charge on any atom is 0.150 e. The van der Waals surface area contributed by atoms with Gasteiger partial charge in [-0.2, -0.15) is 0 Å². The minimum absolute atomic E-state index is 0.727. The zero-order valence-electron chi connectivity index (χ0n) is 7.71. The molecule has 0 spiro atoms. The molecule has 3 heteroatoms. The molecule has 1 aromatic heterocycles. The fraction of sp³-hybridized carbons (Fsp3) is 0.182. The quantitative estimate of drug-likeness (QED) is 0.752. The van der Waals surface area contributed by atoms with Crippen LogP contribution in [0.1, 0.15) is 22.2 Å². The molecule has 0 atom stereocenters. The average Bonchev–Trinajstić information content (AvgIpc) is 2.61. The first kappa shape index (κ1) is 9.87. The fourth-order valence-corrected chi connectivity index (χ4v) is 3.15. The number of rotatable bonds is 2. The molecule has 0 aliphatic rings. The Kier molecular flexibility index (Phi) is 2.70. The third kappa shape index (κ3) is 1.62. The van der Waals surface area contributed by atoms with Gasteiger partial charge in [-0.25, -0.2) is 0 Å². The van der Waals surface area contributed by atoms with Crippen LogP contribution in [0, 0.1) is 0 Å². The Bertz CT molecular complexity index is 487. The highest BCUT2D eigenvalue weighted by atomic mass is 79.9. The number of fused-ring (bicyclic) bond motifs is 1. The van der Waals surface area contributed by atoms with E-state index in [4.69, 9.17) is 0 Å². The number of benzene rings is 1. The van der Waals surface area contributed by atoms with Gasteiger partial charge in [-0.15, -0.1) is 11.3 Å². The van der Waals surface area contributed by atoms with E-state index in [1.807, 2.05) is 12.1 Å². The summed E-state index contributed by atoms with van der Waals surface area (Å²) in [7, 11) is 0. The average molecular weight is 269 g/mol. The minimum Gasteiger partial charge on any atom is -0.298 e. The number of carbonyl (C=O) groups is 1. The lowest BCUT2D eigenvalue weighted by Crippen LogP contribution is -1.78. The Labute approximate surface area is 94.9 Å². The van der Waals surface area contributed by atoms with Crippen LogP contribution >= 0.6 is 27.3 Å². The van der Waals surface area contributed by atoms with Crippen LogP contribution in [0.5, 0.6) is 0 Å². The predicted octanol–water partition coefficient (Wildman–Crippen LogP) is 4.04. The molecule has 1 aromatic carbocycles. The second-order valence-corrected chi connectivity index (χ2v) is 5.10. The number of aryl methyl sites for hydroxylation is 1. The van der Waals surface area contributed by atoms with Crippen LogP contribution in [0.25, 0.3) is 10.1 Å². The summed E-state index contributed by atoms with van der Waals surface area (Å²) in [6.45, 7) is 2.14. The van der Waals surface area contributed by atoms with Crippen molar-refractivity contribution in [1.29, 1.82) is 0 Å². The molecule has 0 N–H and O–H groups in total. The van der Waals surface area contributed by atoms with Crippen LogP contribution in [0.2, 0.25) is 0 Å². The Morgan fingerprint density at radius 2 is 2.21 bits per heavy atom. The largest absolute Gasteiger partial charge is 0.298 e. The summed E-state index contributed by atoms with van der Waals surface area (Å²) >= 11 is 5.26. The molecule has 0 bridgehead atoms. The highest BCUT2D eigenvalue weighted by Crippen LogP contribution is 2.33. The zero-order chi connectivity index (χ0) is 10.1. The molecule has 1 heterocycles. The second kappa shape index (κ2) is 3.83. The molecule has 0 aliphatic carbocycles. The van der Waals surface area contributed by atoms with Gasteiger partial charge in [0.1, 0.15) is 6.29 Å². The van der Waals surface area contributed by atoms with Crippen molar-refractivity contribution in [3.05, 3.63) is 33.1 Å². The Morgan fingerprint density at radius 1 is 1.43 bits per heavy atom. The van der Waals surface area contributed by atoms with E-state index in [1.165, 1.54) is 9.58 Å². The lowest BCUT2D eigenvalue weighted by Gasteiger charge is -1.94. The van der Waals surface area contributed by atoms with Crippen molar-refractivity contribution < 1.29 is 4.79 Å². The molecule has 72 valence electrons. The van der Waals surface area contributed by atoms with E-state index >= 15 is 0 Å². The fourth-order valence-electron chi connectivity index (χ4n) is 1.43. The molecular formula is C11H9BrOS. The predicted molar refractivity (Wildman–Crippen MR) is 64.3 cm³/mol. The van der Waals surface area contributed by atoms with E-state index < -0.39 is 0 Å². The SMILES string of the molecule is CCc1cc2cc(C=O)cc(Br)c2s1. The van der Waals surface area contributed by atoms with Gasteiger partial charge in [0.25, 0.3) is 0 Å². The maximum absolute atomic E-state index is 10.7. The van der Waals surface area contributed by atoms with Gasteiger partial charge in [-0.3, -0.25) is 4.79 Å².